The lowest BCUT2D eigenvalue weighted by molar-refractivity contribution is 0.557. The van der Waals surface area contributed by atoms with Crippen molar-refractivity contribution in [3.05, 3.63) is 29.8 Å². The van der Waals surface area contributed by atoms with Crippen molar-refractivity contribution in [3.8, 4) is 0 Å². The molecule has 0 aliphatic rings. The fraction of sp³-hybridized carbons (Fsp3) is 0.600. The number of nitrogens with two attached hydrogens (primary N) is 1. The van der Waals surface area contributed by atoms with Crippen molar-refractivity contribution in [2.75, 3.05) is 18.1 Å². The van der Waals surface area contributed by atoms with Gasteiger partial charge in [0.05, 0.1) is 4.90 Å². The molecule has 21 heavy (non-hydrogen) atoms. The summed E-state index contributed by atoms with van der Waals surface area (Å²) in [5.41, 5.74) is 6.59. The van der Waals surface area contributed by atoms with Gasteiger partial charge in [-0.05, 0) is 61.9 Å². The molecule has 0 saturated heterocycles. The van der Waals surface area contributed by atoms with Gasteiger partial charge < -0.3 is 5.73 Å². The Morgan fingerprint density at radius 2 is 1.95 bits per heavy atom. The number of benzene rings is 1. The van der Waals surface area contributed by atoms with Crippen molar-refractivity contribution in [2.24, 2.45) is 5.73 Å². The first kappa shape index (κ1) is 18.5. The van der Waals surface area contributed by atoms with Crippen LogP contribution >= 0.6 is 11.8 Å². The highest BCUT2D eigenvalue weighted by Crippen LogP contribution is 2.13. The van der Waals surface area contributed by atoms with E-state index in [4.69, 9.17) is 5.73 Å². The van der Waals surface area contributed by atoms with Crippen molar-refractivity contribution >= 4 is 21.8 Å². The molecule has 0 spiro atoms. The van der Waals surface area contributed by atoms with Gasteiger partial charge in [0, 0.05) is 6.04 Å². The molecule has 4 nitrogen and oxygen atoms in total. The number of nitrogens with one attached hydrogen (secondary N) is 1. The molecule has 1 aromatic rings. The second-order valence-corrected chi connectivity index (χ2v) is 8.15. The molecule has 1 atom stereocenters. The first-order valence-corrected chi connectivity index (χ1v) is 10.0. The summed E-state index contributed by atoms with van der Waals surface area (Å²) >= 11 is 1.82. The lowest BCUT2D eigenvalue weighted by Gasteiger charge is -2.14. The van der Waals surface area contributed by atoms with E-state index in [-0.39, 0.29) is 6.04 Å². The van der Waals surface area contributed by atoms with Crippen molar-refractivity contribution in [2.45, 2.75) is 44.0 Å². The van der Waals surface area contributed by atoms with Crippen LogP contribution in [-0.4, -0.2) is 32.5 Å². The first-order valence-electron chi connectivity index (χ1n) is 7.38. The van der Waals surface area contributed by atoms with Gasteiger partial charge in [0.2, 0.25) is 10.0 Å². The summed E-state index contributed by atoms with van der Waals surface area (Å²) in [6.45, 7) is 4.66. The number of hydrogen-bond donors (Lipinski definition) is 2. The van der Waals surface area contributed by atoms with Gasteiger partial charge in [-0.15, -0.1) is 0 Å². The highest BCUT2D eigenvalue weighted by Gasteiger charge is 2.16. The van der Waals surface area contributed by atoms with Crippen LogP contribution in [0.15, 0.2) is 29.2 Å². The van der Waals surface area contributed by atoms with Gasteiger partial charge >= 0.3 is 0 Å². The molecule has 0 aliphatic heterocycles. The summed E-state index contributed by atoms with van der Waals surface area (Å²) in [6, 6.07) is 7.01. The largest absolute Gasteiger partial charge is 0.330 e. The third-order valence-electron chi connectivity index (χ3n) is 3.16. The zero-order valence-corrected chi connectivity index (χ0v) is 14.5. The van der Waals surface area contributed by atoms with Crippen molar-refractivity contribution < 1.29 is 8.42 Å². The monoisotopic (exact) mass is 330 g/mol. The van der Waals surface area contributed by atoms with E-state index in [2.05, 4.69) is 11.6 Å². The predicted molar refractivity (Wildman–Crippen MR) is 91.2 cm³/mol. The predicted octanol–water partition coefficient (Wildman–Crippen LogP) is 2.39. The van der Waals surface area contributed by atoms with Crippen LogP contribution in [0, 0.1) is 0 Å². The molecule has 0 aliphatic carbocycles. The molecule has 6 heteroatoms. The Morgan fingerprint density at radius 1 is 1.29 bits per heavy atom. The van der Waals surface area contributed by atoms with E-state index in [9.17, 15) is 8.42 Å². The van der Waals surface area contributed by atoms with Crippen LogP contribution in [0.3, 0.4) is 0 Å². The molecule has 1 unspecified atom stereocenters. The van der Waals surface area contributed by atoms with Gasteiger partial charge in [-0.25, -0.2) is 13.1 Å². The van der Waals surface area contributed by atoms with Crippen LogP contribution in [0.25, 0.3) is 0 Å². The highest BCUT2D eigenvalue weighted by atomic mass is 32.2. The Hall–Kier alpha value is -0.560. The van der Waals surface area contributed by atoms with Gasteiger partial charge in [-0.3, -0.25) is 0 Å². The summed E-state index contributed by atoms with van der Waals surface area (Å²) in [7, 11) is -3.42. The van der Waals surface area contributed by atoms with Gasteiger partial charge in [-0.2, -0.15) is 11.8 Å². The van der Waals surface area contributed by atoms with Crippen molar-refractivity contribution in [1.29, 1.82) is 0 Å². The van der Waals surface area contributed by atoms with E-state index < -0.39 is 10.0 Å². The van der Waals surface area contributed by atoms with Gasteiger partial charge in [0.1, 0.15) is 0 Å². The van der Waals surface area contributed by atoms with Crippen LogP contribution in [-0.2, 0) is 16.4 Å². The van der Waals surface area contributed by atoms with Crippen LogP contribution in [0.4, 0.5) is 0 Å². The van der Waals surface area contributed by atoms with Crippen molar-refractivity contribution in [3.63, 3.8) is 0 Å². The van der Waals surface area contributed by atoms with Crippen molar-refractivity contribution in [1.82, 2.24) is 4.72 Å². The lowest BCUT2D eigenvalue weighted by atomic mass is 10.1. The third-order valence-corrected chi connectivity index (χ3v) is 5.70. The molecule has 1 aromatic carbocycles. The van der Waals surface area contributed by atoms with Crippen LogP contribution in [0.2, 0.25) is 0 Å². The second kappa shape index (κ2) is 9.46. The molecule has 0 saturated carbocycles. The van der Waals surface area contributed by atoms with E-state index >= 15 is 0 Å². The van der Waals surface area contributed by atoms with Gasteiger partial charge in [0.15, 0.2) is 0 Å². The Balaban J connectivity index is 2.61. The third kappa shape index (κ3) is 6.82. The molecule has 1 rings (SSSR count). The average molecular weight is 331 g/mol. The maximum atomic E-state index is 12.3. The standard InChI is InChI=1S/C15H26N2O2S2/c1-3-20-12-10-13(2)17-21(18,19)15-8-6-14(7-9-15)5-4-11-16/h6-9,13,17H,3-5,10-12,16H2,1-2H3. The Kier molecular flexibility index (Phi) is 8.33. The minimum Gasteiger partial charge on any atom is -0.330 e. The van der Waals surface area contributed by atoms with E-state index in [0.717, 1.165) is 36.3 Å². The summed E-state index contributed by atoms with van der Waals surface area (Å²) < 4.78 is 27.3. The zero-order valence-electron chi connectivity index (χ0n) is 12.8. The molecule has 0 aromatic heterocycles. The van der Waals surface area contributed by atoms with Crippen LogP contribution in [0.1, 0.15) is 32.3 Å². The maximum absolute atomic E-state index is 12.3. The fourth-order valence-electron chi connectivity index (χ4n) is 1.94. The molecule has 0 radical (unpaired) electrons. The number of sulfonamides is 1. The highest BCUT2D eigenvalue weighted by molar-refractivity contribution is 7.99. The first-order chi connectivity index (χ1) is 9.99. The summed E-state index contributed by atoms with van der Waals surface area (Å²) in [5.74, 6) is 2.03. The minimum atomic E-state index is -3.42. The topological polar surface area (TPSA) is 72.2 Å². The lowest BCUT2D eigenvalue weighted by Crippen LogP contribution is -2.33. The molecular formula is C15H26N2O2S2. The quantitative estimate of drug-likeness (QED) is 0.646. The average Bonchev–Trinajstić information content (AvgIpc) is 2.45. The SMILES string of the molecule is CCSCCC(C)NS(=O)(=O)c1ccc(CCCN)cc1. The molecule has 0 heterocycles. The van der Waals surface area contributed by atoms with E-state index in [1.54, 1.807) is 12.1 Å². The summed E-state index contributed by atoms with van der Waals surface area (Å²) in [6.07, 6.45) is 2.64. The molecule has 0 fully saturated rings. The van der Waals surface area contributed by atoms with Gasteiger partial charge in [0.25, 0.3) is 0 Å². The van der Waals surface area contributed by atoms with Crippen LogP contribution in [0.5, 0.6) is 0 Å². The number of rotatable bonds is 10. The minimum absolute atomic E-state index is 0.0500. The Morgan fingerprint density at radius 3 is 2.52 bits per heavy atom. The Bertz CT molecular complexity index is 501. The smallest absolute Gasteiger partial charge is 0.240 e. The molecule has 3 N–H and O–H groups in total. The zero-order chi connectivity index (χ0) is 15.7. The number of aryl methyl sites for hydroxylation is 1. The van der Waals surface area contributed by atoms with E-state index in [0.29, 0.717) is 11.4 Å². The second-order valence-electron chi connectivity index (χ2n) is 5.04. The fourth-order valence-corrected chi connectivity index (χ4v) is 4.02. The number of hydrogen-bond acceptors (Lipinski definition) is 4. The molecular weight excluding hydrogens is 304 g/mol. The van der Waals surface area contributed by atoms with Gasteiger partial charge in [-0.1, -0.05) is 19.1 Å². The normalized spacial score (nSPS) is 13.3. The Labute approximate surface area is 132 Å². The summed E-state index contributed by atoms with van der Waals surface area (Å²) in [4.78, 5) is 0.328. The summed E-state index contributed by atoms with van der Waals surface area (Å²) in [5, 5.41) is 0. The molecule has 120 valence electrons. The van der Waals surface area contributed by atoms with Crippen LogP contribution < -0.4 is 10.5 Å². The molecule has 0 amide bonds. The number of thioether (sulfide) groups is 1. The van der Waals surface area contributed by atoms with E-state index in [1.807, 2.05) is 30.8 Å². The molecule has 0 bridgehead atoms. The maximum Gasteiger partial charge on any atom is 0.240 e. The van der Waals surface area contributed by atoms with E-state index in [1.165, 1.54) is 0 Å².